The number of rotatable bonds is 25. The summed E-state index contributed by atoms with van der Waals surface area (Å²) in [6, 6.07) is -4.76. The minimum atomic E-state index is -5.16. The number of carbonyl (C=O) groups excluding carboxylic acids is 8. The van der Waals surface area contributed by atoms with Crippen LogP contribution in [0.4, 0.5) is 22.0 Å². The molecule has 5 atom stereocenters. The fourth-order valence-corrected chi connectivity index (χ4v) is 9.71. The van der Waals surface area contributed by atoms with Crippen LogP contribution >= 0.6 is 11.6 Å². The van der Waals surface area contributed by atoms with Gasteiger partial charge in [0.15, 0.2) is 0 Å². The summed E-state index contributed by atoms with van der Waals surface area (Å²) in [5, 5.41) is 11.0. The van der Waals surface area contributed by atoms with Crippen molar-refractivity contribution in [3.05, 3.63) is 47.5 Å². The standard InChI is InChI=1S/C42H55ClF5N9O12S2/c1-5-23(4)35(55-38(62)29(13-22(2)3)53-39(63)31-20-49-11-12-50-31)40(64)54-30(14-24-9-7-6-8-10-24)37(61)52-28(18-32(44)45)36(60)41(65)51-21-34(59)57-71(68,69)27-16-25(43)15-26(17-27)70(66,67)56-33(58)19-42(46,47)48/h11-12,15-17,20,22-24,28-30,32,35H,5-10,13-14,18-19,21H2,1-4H3,(H,51,65)(H,52,61)(H,53,63)(H,54,64)(H,55,62)(H,56,58)(H,57,59). The second-order valence-corrected chi connectivity index (χ2v) is 20.9. The van der Waals surface area contributed by atoms with E-state index in [0.717, 1.165) is 24.0 Å². The van der Waals surface area contributed by atoms with Crippen molar-refractivity contribution in [3.8, 4) is 0 Å². The minimum absolute atomic E-state index is 0.0495. The van der Waals surface area contributed by atoms with Crippen molar-refractivity contribution in [1.29, 1.82) is 0 Å². The largest absolute Gasteiger partial charge is 0.397 e. The number of carbonyl (C=O) groups is 8. The Morgan fingerprint density at radius 3 is 1.86 bits per heavy atom. The Kier molecular flexibility index (Phi) is 22.2. The third-order valence-electron chi connectivity index (χ3n) is 10.8. The normalized spacial score (nSPS) is 15.5. The van der Waals surface area contributed by atoms with E-state index in [9.17, 15) is 77.1 Å². The molecule has 0 radical (unpaired) electrons. The third-order valence-corrected chi connectivity index (χ3v) is 13.8. The van der Waals surface area contributed by atoms with E-state index in [2.05, 4.69) is 31.2 Å². The van der Waals surface area contributed by atoms with Gasteiger partial charge in [-0.1, -0.05) is 77.8 Å². The van der Waals surface area contributed by atoms with Crippen molar-refractivity contribution >= 4 is 78.8 Å². The molecule has 1 saturated carbocycles. The SMILES string of the molecule is CCC(C)C(NC(=O)C(CC(C)C)NC(=O)c1cnccn1)C(=O)NC(CC1CCCCC1)C(=O)NC(CC(F)F)C(=O)C(=O)NCC(=O)NS(=O)(=O)c1cc(Cl)cc(S(=O)(=O)NC(=O)CC(F)(F)F)c1. The van der Waals surface area contributed by atoms with Crippen LogP contribution in [0.15, 0.2) is 46.6 Å². The Hall–Kier alpha value is -5.90. The number of hydrogen-bond acceptors (Lipinski definition) is 14. The summed E-state index contributed by atoms with van der Waals surface area (Å²) in [5.41, 5.74) is -0.0745. The highest BCUT2D eigenvalue weighted by molar-refractivity contribution is 7.91. The molecular weight excluding hydrogens is 1020 g/mol. The van der Waals surface area contributed by atoms with Gasteiger partial charge in [0.1, 0.15) is 36.3 Å². The maximum atomic E-state index is 14.1. The van der Waals surface area contributed by atoms with E-state index in [1.165, 1.54) is 23.3 Å². The number of halogens is 6. The van der Waals surface area contributed by atoms with Crippen LogP contribution in [0.25, 0.3) is 0 Å². The number of nitrogens with one attached hydrogen (secondary N) is 7. The Balaban J connectivity index is 1.79. The van der Waals surface area contributed by atoms with Crippen molar-refractivity contribution in [3.63, 3.8) is 0 Å². The molecule has 5 unspecified atom stereocenters. The average molecular weight is 1070 g/mol. The van der Waals surface area contributed by atoms with Crippen LogP contribution in [-0.4, -0.2) is 117 Å². The van der Waals surface area contributed by atoms with Crippen LogP contribution in [0.2, 0.25) is 5.02 Å². The van der Waals surface area contributed by atoms with Crippen LogP contribution in [0.1, 0.15) is 102 Å². The Morgan fingerprint density at radius 2 is 1.32 bits per heavy atom. The predicted octanol–water partition coefficient (Wildman–Crippen LogP) is 2.35. The molecule has 71 heavy (non-hydrogen) atoms. The van der Waals surface area contributed by atoms with Gasteiger partial charge in [0.05, 0.1) is 22.5 Å². The molecule has 394 valence electrons. The monoisotopic (exact) mass is 1070 g/mol. The summed E-state index contributed by atoms with van der Waals surface area (Å²) >= 11 is 5.82. The number of benzene rings is 1. The number of hydrogen-bond donors (Lipinski definition) is 7. The number of alkyl halides is 5. The smallest absolute Gasteiger partial charge is 0.344 e. The molecule has 7 N–H and O–H groups in total. The number of aromatic nitrogens is 2. The number of amides is 7. The predicted molar refractivity (Wildman–Crippen MR) is 241 cm³/mol. The van der Waals surface area contributed by atoms with Crippen molar-refractivity contribution in [1.82, 2.24) is 46.0 Å². The van der Waals surface area contributed by atoms with Crippen LogP contribution in [0.3, 0.4) is 0 Å². The zero-order valence-electron chi connectivity index (χ0n) is 38.7. The molecule has 1 aliphatic rings. The number of nitrogens with zero attached hydrogens (tertiary/aromatic N) is 2. The number of sulfonamides is 2. The highest BCUT2D eigenvalue weighted by Gasteiger charge is 2.38. The molecule has 2 aromatic rings. The topological polar surface area (TPSA) is 315 Å². The Morgan fingerprint density at radius 1 is 0.746 bits per heavy atom. The van der Waals surface area contributed by atoms with Crippen LogP contribution < -0.4 is 36.0 Å². The lowest BCUT2D eigenvalue weighted by atomic mass is 9.84. The average Bonchev–Trinajstić information content (AvgIpc) is 3.27. The van der Waals surface area contributed by atoms with Gasteiger partial charge in [-0.25, -0.2) is 40.0 Å². The lowest BCUT2D eigenvalue weighted by Crippen LogP contribution is -2.60. The van der Waals surface area contributed by atoms with E-state index in [4.69, 9.17) is 11.6 Å². The molecule has 0 bridgehead atoms. The minimum Gasteiger partial charge on any atom is -0.344 e. The van der Waals surface area contributed by atoms with Gasteiger partial charge < -0.3 is 26.6 Å². The summed E-state index contributed by atoms with van der Waals surface area (Å²) < 4.78 is 119. The first-order valence-electron chi connectivity index (χ1n) is 22.1. The molecule has 1 heterocycles. The first-order valence-corrected chi connectivity index (χ1v) is 25.4. The fourth-order valence-electron chi connectivity index (χ4n) is 7.16. The molecule has 21 nitrogen and oxygen atoms in total. The summed E-state index contributed by atoms with van der Waals surface area (Å²) in [6.07, 6.45) is -4.17. The quantitative estimate of drug-likeness (QED) is 0.0555. The first-order chi connectivity index (χ1) is 33.0. The van der Waals surface area contributed by atoms with E-state index < -0.39 is 144 Å². The maximum Gasteiger partial charge on any atom is 0.397 e. The zero-order valence-corrected chi connectivity index (χ0v) is 41.1. The van der Waals surface area contributed by atoms with Gasteiger partial charge in [-0.3, -0.25) is 43.3 Å². The van der Waals surface area contributed by atoms with E-state index in [-0.39, 0.29) is 30.4 Å². The van der Waals surface area contributed by atoms with E-state index in [1.54, 1.807) is 33.0 Å². The van der Waals surface area contributed by atoms with Crippen molar-refractivity contribution in [2.24, 2.45) is 17.8 Å². The highest BCUT2D eigenvalue weighted by atomic mass is 35.5. The maximum absolute atomic E-state index is 14.1. The molecular formula is C42H55ClF5N9O12S2. The molecule has 1 aromatic heterocycles. The molecule has 29 heteroatoms. The number of Topliss-reactive ketones (excluding diaryl/α,β-unsaturated/α-hetero) is 1. The van der Waals surface area contributed by atoms with Gasteiger partial charge >= 0.3 is 6.18 Å². The molecule has 1 fully saturated rings. The third kappa shape index (κ3) is 19.7. The highest BCUT2D eigenvalue weighted by Crippen LogP contribution is 2.28. The Bertz CT molecular complexity index is 2490. The van der Waals surface area contributed by atoms with Gasteiger partial charge in [-0.05, 0) is 48.8 Å². The van der Waals surface area contributed by atoms with Gasteiger partial charge in [-0.15, -0.1) is 0 Å². The zero-order chi connectivity index (χ0) is 53.4. The van der Waals surface area contributed by atoms with Crippen LogP contribution in [-0.2, 0) is 53.6 Å². The summed E-state index contributed by atoms with van der Waals surface area (Å²) in [6.45, 7) is 5.62. The summed E-state index contributed by atoms with van der Waals surface area (Å²) in [7, 11) is -10.3. The van der Waals surface area contributed by atoms with Gasteiger partial charge in [0.2, 0.25) is 35.8 Å². The molecule has 0 aliphatic heterocycles. The lowest BCUT2D eigenvalue weighted by molar-refractivity contribution is -0.152. The van der Waals surface area contributed by atoms with Crippen molar-refractivity contribution in [2.75, 3.05) is 6.54 Å². The van der Waals surface area contributed by atoms with Crippen LogP contribution in [0, 0.1) is 17.8 Å². The van der Waals surface area contributed by atoms with Gasteiger partial charge in [-0.2, -0.15) is 13.2 Å². The van der Waals surface area contributed by atoms with Gasteiger partial charge in [0.25, 0.3) is 37.8 Å². The van der Waals surface area contributed by atoms with E-state index in [1.807, 2.05) is 0 Å². The fraction of sp³-hybridized carbons (Fsp3) is 0.571. The van der Waals surface area contributed by atoms with E-state index >= 15 is 0 Å². The second-order valence-electron chi connectivity index (χ2n) is 17.1. The van der Waals surface area contributed by atoms with Crippen LogP contribution in [0.5, 0.6) is 0 Å². The molecule has 1 aromatic carbocycles. The van der Waals surface area contributed by atoms with E-state index in [0.29, 0.717) is 37.5 Å². The second kappa shape index (κ2) is 26.5. The molecule has 7 amide bonds. The lowest BCUT2D eigenvalue weighted by Gasteiger charge is -2.31. The molecule has 3 rings (SSSR count). The molecule has 0 saturated heterocycles. The molecule has 1 aliphatic carbocycles. The Labute approximate surface area is 410 Å². The number of ketones is 1. The van der Waals surface area contributed by atoms with Crippen molar-refractivity contribution < 1.29 is 77.1 Å². The van der Waals surface area contributed by atoms with Gasteiger partial charge in [0, 0.05) is 23.8 Å². The summed E-state index contributed by atoms with van der Waals surface area (Å²) in [5.74, 6) is -11.5. The summed E-state index contributed by atoms with van der Waals surface area (Å²) in [4.78, 5) is 111. The first kappa shape index (κ1) is 59.4. The molecule has 0 spiro atoms. The van der Waals surface area contributed by atoms with Crippen molar-refractivity contribution in [2.45, 2.75) is 138 Å².